The summed E-state index contributed by atoms with van der Waals surface area (Å²) in [5, 5.41) is 5.57. The lowest BCUT2D eigenvalue weighted by Gasteiger charge is -2.27. The predicted octanol–water partition coefficient (Wildman–Crippen LogP) is 2.59. The molecule has 0 saturated carbocycles. The Balaban J connectivity index is 2.11. The predicted molar refractivity (Wildman–Crippen MR) is 83.8 cm³/mol. The van der Waals surface area contributed by atoms with Gasteiger partial charge in [0.25, 0.3) is 5.91 Å². The maximum atomic E-state index is 12.5. The first-order valence-electron chi connectivity index (χ1n) is 6.52. The smallest absolute Gasteiger partial charge is 0.255 e. The molecule has 0 spiro atoms. The number of benzene rings is 2. The molecule has 1 aliphatic heterocycles. The van der Waals surface area contributed by atoms with Crippen LogP contribution in [-0.4, -0.2) is 12.3 Å². The zero-order valence-corrected chi connectivity index (χ0v) is 12.7. The highest BCUT2D eigenvalue weighted by atomic mass is 79.9. The minimum absolute atomic E-state index is 0.216. The molecule has 3 rings (SSSR count). The van der Waals surface area contributed by atoms with Gasteiger partial charge in [0.1, 0.15) is 0 Å². The standard InChI is InChI=1S/C16H13BrN2O2/c17-12-6-7-14-13(8-12)16(18-10-20,15(21)19-14)9-11-4-2-1-3-5-11/h1-8,10H,9H2,(H,18,20)(H,19,21). The van der Waals surface area contributed by atoms with Gasteiger partial charge in [-0.05, 0) is 23.8 Å². The minimum atomic E-state index is -1.07. The first-order valence-corrected chi connectivity index (χ1v) is 7.32. The number of rotatable bonds is 4. The molecule has 2 N–H and O–H groups in total. The van der Waals surface area contributed by atoms with Gasteiger partial charge in [0.2, 0.25) is 6.41 Å². The average molecular weight is 345 g/mol. The van der Waals surface area contributed by atoms with Crippen molar-refractivity contribution in [2.24, 2.45) is 0 Å². The fourth-order valence-corrected chi connectivity index (χ4v) is 3.06. The van der Waals surface area contributed by atoms with E-state index < -0.39 is 5.54 Å². The summed E-state index contributed by atoms with van der Waals surface area (Å²) in [4.78, 5) is 23.6. The molecule has 2 amide bonds. The number of carbonyl (C=O) groups is 2. The van der Waals surface area contributed by atoms with Crippen LogP contribution in [0.3, 0.4) is 0 Å². The van der Waals surface area contributed by atoms with E-state index in [1.165, 1.54) is 0 Å². The normalized spacial score (nSPS) is 19.8. The summed E-state index contributed by atoms with van der Waals surface area (Å²) in [5.74, 6) is -0.216. The van der Waals surface area contributed by atoms with E-state index in [0.29, 0.717) is 12.8 Å². The number of carbonyl (C=O) groups excluding carboxylic acids is 2. The highest BCUT2D eigenvalue weighted by Gasteiger charge is 2.46. The largest absolute Gasteiger partial charge is 0.340 e. The second-order valence-corrected chi connectivity index (χ2v) is 5.89. The molecule has 2 aromatic rings. The van der Waals surface area contributed by atoms with E-state index in [1.54, 1.807) is 0 Å². The van der Waals surface area contributed by atoms with Crippen LogP contribution in [0.4, 0.5) is 5.69 Å². The van der Waals surface area contributed by atoms with Gasteiger partial charge in [-0.25, -0.2) is 0 Å². The second kappa shape index (κ2) is 5.33. The zero-order valence-electron chi connectivity index (χ0n) is 11.1. The van der Waals surface area contributed by atoms with Crippen LogP contribution in [0.5, 0.6) is 0 Å². The van der Waals surface area contributed by atoms with Crippen molar-refractivity contribution in [3.63, 3.8) is 0 Å². The molecule has 4 nitrogen and oxygen atoms in total. The quantitative estimate of drug-likeness (QED) is 0.837. The first kappa shape index (κ1) is 13.8. The number of hydrogen-bond donors (Lipinski definition) is 2. The van der Waals surface area contributed by atoms with Crippen LogP contribution >= 0.6 is 15.9 Å². The lowest BCUT2D eigenvalue weighted by molar-refractivity contribution is -0.125. The molecular formula is C16H13BrN2O2. The number of amides is 2. The van der Waals surface area contributed by atoms with E-state index in [2.05, 4.69) is 26.6 Å². The third kappa shape index (κ3) is 2.34. The molecule has 1 aliphatic rings. The summed E-state index contributed by atoms with van der Waals surface area (Å²) in [6.45, 7) is 0. The highest BCUT2D eigenvalue weighted by Crippen LogP contribution is 2.39. The van der Waals surface area contributed by atoms with Crippen molar-refractivity contribution in [1.82, 2.24) is 5.32 Å². The molecule has 0 aromatic heterocycles. The minimum Gasteiger partial charge on any atom is -0.340 e. The van der Waals surface area contributed by atoms with Gasteiger partial charge in [0.05, 0.1) is 0 Å². The summed E-state index contributed by atoms with van der Waals surface area (Å²) in [7, 11) is 0. The Morgan fingerprint density at radius 1 is 1.19 bits per heavy atom. The summed E-state index contributed by atoms with van der Waals surface area (Å²) in [6.07, 6.45) is 0.986. The number of anilines is 1. The number of nitrogens with one attached hydrogen (secondary N) is 2. The van der Waals surface area contributed by atoms with Crippen molar-refractivity contribution < 1.29 is 9.59 Å². The van der Waals surface area contributed by atoms with Crippen LogP contribution in [-0.2, 0) is 21.5 Å². The van der Waals surface area contributed by atoms with E-state index in [0.717, 1.165) is 21.3 Å². The molecule has 1 unspecified atom stereocenters. The summed E-state index contributed by atoms with van der Waals surface area (Å²) < 4.78 is 0.864. The first-order chi connectivity index (χ1) is 10.2. The molecule has 0 radical (unpaired) electrons. The van der Waals surface area contributed by atoms with Gasteiger partial charge < -0.3 is 10.6 Å². The van der Waals surface area contributed by atoms with Gasteiger partial charge in [0, 0.05) is 22.1 Å². The molecule has 5 heteroatoms. The van der Waals surface area contributed by atoms with Crippen molar-refractivity contribution in [2.45, 2.75) is 12.0 Å². The highest BCUT2D eigenvalue weighted by molar-refractivity contribution is 9.10. The summed E-state index contributed by atoms with van der Waals surface area (Å²) in [5.41, 5.74) is 1.42. The van der Waals surface area contributed by atoms with E-state index in [4.69, 9.17) is 0 Å². The molecule has 0 bridgehead atoms. The van der Waals surface area contributed by atoms with Crippen LogP contribution < -0.4 is 10.6 Å². The van der Waals surface area contributed by atoms with Gasteiger partial charge >= 0.3 is 0 Å². The van der Waals surface area contributed by atoms with Gasteiger partial charge in [-0.1, -0.05) is 46.3 Å². The van der Waals surface area contributed by atoms with Crippen LogP contribution in [0.1, 0.15) is 11.1 Å². The summed E-state index contributed by atoms with van der Waals surface area (Å²) in [6, 6.07) is 15.2. The number of halogens is 1. The fourth-order valence-electron chi connectivity index (χ4n) is 2.70. The number of fused-ring (bicyclic) bond motifs is 1. The van der Waals surface area contributed by atoms with E-state index >= 15 is 0 Å². The molecule has 0 fully saturated rings. The van der Waals surface area contributed by atoms with Crippen molar-refractivity contribution in [3.05, 3.63) is 64.1 Å². The van der Waals surface area contributed by atoms with Gasteiger partial charge in [-0.3, -0.25) is 9.59 Å². The third-order valence-corrected chi connectivity index (χ3v) is 4.19. The molecule has 21 heavy (non-hydrogen) atoms. The second-order valence-electron chi connectivity index (χ2n) is 4.97. The molecule has 2 aromatic carbocycles. The van der Waals surface area contributed by atoms with E-state index in [9.17, 15) is 9.59 Å². The SMILES string of the molecule is O=CNC1(Cc2ccccc2)C(=O)Nc2ccc(Br)cc21. The Labute approximate surface area is 130 Å². The molecule has 0 aliphatic carbocycles. The lowest BCUT2D eigenvalue weighted by atomic mass is 9.85. The van der Waals surface area contributed by atoms with Crippen molar-refractivity contribution in [2.75, 3.05) is 5.32 Å². The van der Waals surface area contributed by atoms with Gasteiger partial charge in [0.15, 0.2) is 5.54 Å². The van der Waals surface area contributed by atoms with Crippen molar-refractivity contribution in [1.29, 1.82) is 0 Å². The molecular weight excluding hydrogens is 332 g/mol. The van der Waals surface area contributed by atoms with E-state index in [-0.39, 0.29) is 5.91 Å². The van der Waals surface area contributed by atoms with E-state index in [1.807, 2.05) is 48.5 Å². The topological polar surface area (TPSA) is 58.2 Å². The van der Waals surface area contributed by atoms with Crippen LogP contribution in [0.25, 0.3) is 0 Å². The van der Waals surface area contributed by atoms with Crippen LogP contribution in [0.15, 0.2) is 53.0 Å². The van der Waals surface area contributed by atoms with Gasteiger partial charge in [-0.15, -0.1) is 0 Å². The Hall–Kier alpha value is -2.14. The third-order valence-electron chi connectivity index (χ3n) is 3.69. The number of hydrogen-bond acceptors (Lipinski definition) is 2. The van der Waals surface area contributed by atoms with Crippen molar-refractivity contribution >= 4 is 33.9 Å². The average Bonchev–Trinajstić information content (AvgIpc) is 2.73. The Bertz CT molecular complexity index is 703. The van der Waals surface area contributed by atoms with Crippen LogP contribution in [0, 0.1) is 0 Å². The molecule has 1 atom stereocenters. The molecule has 1 heterocycles. The van der Waals surface area contributed by atoms with Crippen LogP contribution in [0.2, 0.25) is 0 Å². The zero-order chi connectivity index (χ0) is 14.9. The Kier molecular flexibility index (Phi) is 3.51. The molecule has 106 valence electrons. The van der Waals surface area contributed by atoms with Crippen molar-refractivity contribution in [3.8, 4) is 0 Å². The maximum Gasteiger partial charge on any atom is 0.255 e. The monoisotopic (exact) mass is 344 g/mol. The maximum absolute atomic E-state index is 12.5. The molecule has 0 saturated heterocycles. The van der Waals surface area contributed by atoms with Gasteiger partial charge in [-0.2, -0.15) is 0 Å². The summed E-state index contributed by atoms with van der Waals surface area (Å²) >= 11 is 3.42. The Morgan fingerprint density at radius 3 is 2.67 bits per heavy atom. The lowest BCUT2D eigenvalue weighted by Crippen LogP contribution is -2.49. The Morgan fingerprint density at radius 2 is 1.95 bits per heavy atom. The fraction of sp³-hybridized carbons (Fsp3) is 0.125.